The van der Waals surface area contributed by atoms with E-state index in [1.54, 1.807) is 18.4 Å². The zero-order chi connectivity index (χ0) is 19.0. The third-order valence-electron chi connectivity index (χ3n) is 4.90. The smallest absolute Gasteiger partial charge is 0.262 e. The zero-order valence-electron chi connectivity index (χ0n) is 15.0. The van der Waals surface area contributed by atoms with Gasteiger partial charge in [0.15, 0.2) is 0 Å². The lowest BCUT2D eigenvalue weighted by atomic mass is 10.0. The highest BCUT2D eigenvalue weighted by Crippen LogP contribution is 2.35. The summed E-state index contributed by atoms with van der Waals surface area (Å²) < 4.78 is 0. The third-order valence-corrected chi connectivity index (χ3v) is 6.07. The van der Waals surface area contributed by atoms with E-state index in [-0.39, 0.29) is 30.3 Å². The summed E-state index contributed by atoms with van der Waals surface area (Å²) in [4.78, 5) is 27.8. The van der Waals surface area contributed by atoms with Crippen LogP contribution in [-0.4, -0.2) is 41.0 Å². The second-order valence-corrected chi connectivity index (χ2v) is 8.39. The number of thiophene rings is 1. The Balaban J connectivity index is 1.57. The van der Waals surface area contributed by atoms with Crippen molar-refractivity contribution in [3.8, 4) is 0 Å². The number of amides is 2. The highest BCUT2D eigenvalue weighted by atomic mass is 35.5. The molecule has 1 saturated carbocycles. The Bertz CT molecular complexity index is 875. The van der Waals surface area contributed by atoms with Crippen LogP contribution in [0.25, 0.3) is 0 Å². The van der Waals surface area contributed by atoms with Crippen molar-refractivity contribution in [2.75, 3.05) is 13.6 Å². The molecule has 0 N–H and O–H groups in total. The maximum atomic E-state index is 13.0. The molecule has 2 heterocycles. The van der Waals surface area contributed by atoms with E-state index in [1.165, 1.54) is 9.91 Å². The SMILES string of the molecule is CN(CC(=O)N1N=C(c2cccs2)C[C@@H]1c1ccc(Cl)cc1)C(=O)C1CC1. The Kier molecular flexibility index (Phi) is 5.02. The first-order valence-electron chi connectivity index (χ1n) is 8.97. The van der Waals surface area contributed by atoms with E-state index in [9.17, 15) is 9.59 Å². The van der Waals surface area contributed by atoms with Gasteiger partial charge in [-0.1, -0.05) is 29.8 Å². The third kappa shape index (κ3) is 3.92. The Morgan fingerprint density at radius 1 is 1.26 bits per heavy atom. The molecular formula is C20H20ClN3O2S. The molecule has 5 nitrogen and oxygen atoms in total. The topological polar surface area (TPSA) is 53.0 Å². The van der Waals surface area contributed by atoms with Crippen molar-refractivity contribution in [2.24, 2.45) is 11.0 Å². The van der Waals surface area contributed by atoms with Gasteiger partial charge in [-0.15, -0.1) is 11.3 Å². The van der Waals surface area contributed by atoms with Crippen LogP contribution in [0.5, 0.6) is 0 Å². The molecule has 0 unspecified atom stereocenters. The lowest BCUT2D eigenvalue weighted by molar-refractivity contribution is -0.141. The molecule has 140 valence electrons. The van der Waals surface area contributed by atoms with E-state index in [0.717, 1.165) is 29.0 Å². The summed E-state index contributed by atoms with van der Waals surface area (Å²) in [6, 6.07) is 11.3. The summed E-state index contributed by atoms with van der Waals surface area (Å²) in [5.41, 5.74) is 1.88. The standard InChI is InChI=1S/C20H20ClN3O2S/c1-23(20(26)14-4-5-14)12-19(25)24-17(13-6-8-15(21)9-7-13)11-16(22-24)18-3-2-10-27-18/h2-3,6-10,14,17H,4-5,11-12H2,1H3/t17-/m1/s1. The predicted molar refractivity (Wildman–Crippen MR) is 107 cm³/mol. The minimum atomic E-state index is -0.184. The molecule has 4 rings (SSSR count). The van der Waals surface area contributed by atoms with Gasteiger partial charge in [0.1, 0.15) is 6.54 Å². The number of hydrazone groups is 1. The highest BCUT2D eigenvalue weighted by molar-refractivity contribution is 7.12. The lowest BCUT2D eigenvalue weighted by Gasteiger charge is -2.25. The van der Waals surface area contributed by atoms with Crippen molar-refractivity contribution >= 4 is 40.5 Å². The van der Waals surface area contributed by atoms with E-state index in [1.807, 2.05) is 41.8 Å². The number of likely N-dealkylation sites (N-methyl/N-ethyl adjacent to an activating group) is 1. The van der Waals surface area contributed by atoms with E-state index in [2.05, 4.69) is 5.10 Å². The van der Waals surface area contributed by atoms with Gasteiger partial charge < -0.3 is 4.90 Å². The first-order chi connectivity index (χ1) is 13.0. The molecule has 1 aromatic heterocycles. The van der Waals surface area contributed by atoms with Crippen LogP contribution in [0.15, 0.2) is 46.9 Å². The second-order valence-electron chi connectivity index (χ2n) is 7.00. The predicted octanol–water partition coefficient (Wildman–Crippen LogP) is 3.95. The molecule has 1 aliphatic carbocycles. The van der Waals surface area contributed by atoms with Crippen molar-refractivity contribution in [3.63, 3.8) is 0 Å². The first-order valence-corrected chi connectivity index (χ1v) is 10.2. The number of halogens is 1. The van der Waals surface area contributed by atoms with Crippen molar-refractivity contribution in [3.05, 3.63) is 57.2 Å². The van der Waals surface area contributed by atoms with E-state index in [0.29, 0.717) is 11.4 Å². The Morgan fingerprint density at radius 2 is 2.00 bits per heavy atom. The van der Waals surface area contributed by atoms with Crippen LogP contribution in [0.3, 0.4) is 0 Å². The van der Waals surface area contributed by atoms with Gasteiger partial charge in [0.05, 0.1) is 16.6 Å². The van der Waals surface area contributed by atoms with Crippen LogP contribution >= 0.6 is 22.9 Å². The Labute approximate surface area is 167 Å². The van der Waals surface area contributed by atoms with Crippen molar-refractivity contribution in [1.82, 2.24) is 9.91 Å². The summed E-state index contributed by atoms with van der Waals surface area (Å²) in [6.07, 6.45) is 2.50. The number of benzene rings is 1. The summed E-state index contributed by atoms with van der Waals surface area (Å²) in [7, 11) is 1.69. The minimum Gasteiger partial charge on any atom is -0.336 e. The van der Waals surface area contributed by atoms with E-state index >= 15 is 0 Å². The number of rotatable bonds is 5. The second kappa shape index (κ2) is 7.44. The average Bonchev–Trinajstić information content (AvgIpc) is 3.18. The van der Waals surface area contributed by atoms with Crippen LogP contribution in [-0.2, 0) is 9.59 Å². The van der Waals surface area contributed by atoms with Gasteiger partial charge in [-0.3, -0.25) is 9.59 Å². The largest absolute Gasteiger partial charge is 0.336 e. The first kappa shape index (κ1) is 18.2. The zero-order valence-corrected chi connectivity index (χ0v) is 16.5. The van der Waals surface area contributed by atoms with Crippen LogP contribution in [0.2, 0.25) is 5.02 Å². The molecule has 0 radical (unpaired) electrons. The van der Waals surface area contributed by atoms with Crippen LogP contribution < -0.4 is 0 Å². The molecule has 0 spiro atoms. The molecular weight excluding hydrogens is 382 g/mol. The molecule has 7 heteroatoms. The minimum absolute atomic E-state index is 0.0423. The van der Waals surface area contributed by atoms with Gasteiger partial charge in [-0.2, -0.15) is 5.10 Å². The maximum Gasteiger partial charge on any atom is 0.262 e. The molecule has 1 atom stereocenters. The molecule has 1 aromatic carbocycles. The molecule has 2 amide bonds. The Hall–Kier alpha value is -2.18. The van der Waals surface area contributed by atoms with Gasteiger partial charge in [0.25, 0.3) is 5.91 Å². The van der Waals surface area contributed by atoms with Gasteiger partial charge in [-0.05, 0) is 42.0 Å². The van der Waals surface area contributed by atoms with Gasteiger partial charge >= 0.3 is 0 Å². The molecule has 0 saturated heterocycles. The number of hydrogen-bond donors (Lipinski definition) is 0. The average molecular weight is 402 g/mol. The van der Waals surface area contributed by atoms with Crippen molar-refractivity contribution < 1.29 is 9.59 Å². The lowest BCUT2D eigenvalue weighted by Crippen LogP contribution is -2.39. The van der Waals surface area contributed by atoms with Crippen molar-refractivity contribution in [2.45, 2.75) is 25.3 Å². The molecule has 1 aliphatic heterocycles. The van der Waals surface area contributed by atoms with Gasteiger partial charge in [-0.25, -0.2) is 5.01 Å². The van der Waals surface area contributed by atoms with Gasteiger partial charge in [0, 0.05) is 24.4 Å². The van der Waals surface area contributed by atoms with Crippen LogP contribution in [0, 0.1) is 5.92 Å². The van der Waals surface area contributed by atoms with E-state index in [4.69, 9.17) is 11.6 Å². The molecule has 2 aliphatic rings. The van der Waals surface area contributed by atoms with Crippen molar-refractivity contribution in [1.29, 1.82) is 0 Å². The maximum absolute atomic E-state index is 13.0. The van der Waals surface area contributed by atoms with Crippen LogP contribution in [0.1, 0.15) is 35.7 Å². The fourth-order valence-electron chi connectivity index (χ4n) is 3.27. The van der Waals surface area contributed by atoms with Gasteiger partial charge in [0.2, 0.25) is 5.91 Å². The van der Waals surface area contributed by atoms with Crippen LogP contribution in [0.4, 0.5) is 0 Å². The fraction of sp³-hybridized carbons (Fsp3) is 0.350. The summed E-state index contributed by atoms with van der Waals surface area (Å²) in [5.74, 6) is -0.0234. The normalized spacial score (nSPS) is 19.1. The monoisotopic (exact) mass is 401 g/mol. The highest BCUT2D eigenvalue weighted by Gasteiger charge is 2.36. The number of carbonyl (C=O) groups excluding carboxylic acids is 2. The summed E-state index contributed by atoms with van der Waals surface area (Å²) >= 11 is 7.62. The molecule has 2 aromatic rings. The summed E-state index contributed by atoms with van der Waals surface area (Å²) in [6.45, 7) is 0.0423. The fourth-order valence-corrected chi connectivity index (χ4v) is 4.12. The molecule has 1 fully saturated rings. The number of hydrogen-bond acceptors (Lipinski definition) is 4. The quantitative estimate of drug-likeness (QED) is 0.761. The number of carbonyl (C=O) groups is 2. The molecule has 27 heavy (non-hydrogen) atoms. The summed E-state index contributed by atoms with van der Waals surface area (Å²) in [5, 5.41) is 8.82. The number of nitrogens with zero attached hydrogens (tertiary/aromatic N) is 3. The Morgan fingerprint density at radius 3 is 2.63 bits per heavy atom. The molecule has 0 bridgehead atoms. The van der Waals surface area contributed by atoms with E-state index < -0.39 is 0 Å².